The van der Waals surface area contributed by atoms with Crippen LogP contribution in [0.1, 0.15) is 0 Å². The molecular weight excluding hydrogens is 214 g/mol. The monoisotopic (exact) mass is 229 g/mol. The van der Waals surface area contributed by atoms with Crippen LogP contribution in [-0.4, -0.2) is 37.8 Å². The number of rotatable bonds is 5. The third-order valence-corrected chi connectivity index (χ3v) is 2.53. The van der Waals surface area contributed by atoms with Crippen molar-refractivity contribution < 1.29 is 9.84 Å². The Bertz CT molecular complexity index is 289. The lowest BCUT2D eigenvalue weighted by atomic mass is 10.2. The Morgan fingerprint density at radius 2 is 2.00 bits per heavy atom. The molecule has 0 spiro atoms. The van der Waals surface area contributed by atoms with Gasteiger partial charge in [0.05, 0.1) is 19.1 Å². The van der Waals surface area contributed by atoms with Crippen LogP contribution < -0.4 is 9.64 Å². The van der Waals surface area contributed by atoms with Gasteiger partial charge in [0.1, 0.15) is 5.75 Å². The predicted octanol–water partition coefficient (Wildman–Crippen LogP) is 1.73. The molecule has 0 fully saturated rings. The lowest BCUT2D eigenvalue weighted by Gasteiger charge is -2.21. The van der Waals surface area contributed by atoms with E-state index in [4.69, 9.17) is 16.3 Å². The summed E-state index contributed by atoms with van der Waals surface area (Å²) in [4.78, 5) is 1.95. The van der Waals surface area contributed by atoms with Crippen molar-refractivity contribution in [1.82, 2.24) is 0 Å². The fourth-order valence-corrected chi connectivity index (χ4v) is 1.40. The maximum Gasteiger partial charge on any atom is 0.119 e. The summed E-state index contributed by atoms with van der Waals surface area (Å²) in [7, 11) is 3.55. The van der Waals surface area contributed by atoms with Crippen molar-refractivity contribution in [3.8, 4) is 5.75 Å². The molecule has 0 amide bonds. The molecule has 0 saturated carbocycles. The summed E-state index contributed by atoms with van der Waals surface area (Å²) in [5.41, 5.74) is 1.03. The number of nitrogens with zero attached hydrogens (tertiary/aromatic N) is 1. The second-order valence-corrected chi connectivity index (χ2v) is 3.70. The molecule has 0 saturated heterocycles. The van der Waals surface area contributed by atoms with Gasteiger partial charge < -0.3 is 14.7 Å². The van der Waals surface area contributed by atoms with E-state index >= 15 is 0 Å². The van der Waals surface area contributed by atoms with Gasteiger partial charge in [-0.3, -0.25) is 0 Å². The highest BCUT2D eigenvalue weighted by molar-refractivity contribution is 6.18. The van der Waals surface area contributed by atoms with E-state index in [0.29, 0.717) is 6.54 Å². The third-order valence-electron chi connectivity index (χ3n) is 2.18. The van der Waals surface area contributed by atoms with Crippen molar-refractivity contribution in [2.45, 2.75) is 6.10 Å². The molecule has 0 radical (unpaired) electrons. The van der Waals surface area contributed by atoms with Crippen LogP contribution in [0, 0.1) is 0 Å². The zero-order valence-corrected chi connectivity index (χ0v) is 9.74. The van der Waals surface area contributed by atoms with Gasteiger partial charge >= 0.3 is 0 Å². The van der Waals surface area contributed by atoms with E-state index in [-0.39, 0.29) is 5.88 Å². The standard InChI is InChI=1S/C11H16ClNO2/c1-13(8-10(14)7-12)9-3-5-11(15-2)6-4-9/h3-6,10,14H,7-8H2,1-2H3. The summed E-state index contributed by atoms with van der Waals surface area (Å²) in [6, 6.07) is 7.66. The molecule has 4 heteroatoms. The van der Waals surface area contributed by atoms with E-state index in [1.54, 1.807) is 7.11 Å². The number of halogens is 1. The first-order chi connectivity index (χ1) is 7.17. The van der Waals surface area contributed by atoms with E-state index in [2.05, 4.69) is 0 Å². The van der Waals surface area contributed by atoms with Crippen molar-refractivity contribution in [3.05, 3.63) is 24.3 Å². The first-order valence-corrected chi connectivity index (χ1v) is 5.30. The molecule has 15 heavy (non-hydrogen) atoms. The topological polar surface area (TPSA) is 32.7 Å². The Hall–Kier alpha value is -0.930. The average Bonchev–Trinajstić information content (AvgIpc) is 2.29. The normalized spacial score (nSPS) is 12.3. The van der Waals surface area contributed by atoms with E-state index in [0.717, 1.165) is 11.4 Å². The molecule has 1 atom stereocenters. The largest absolute Gasteiger partial charge is 0.497 e. The van der Waals surface area contributed by atoms with Crippen molar-refractivity contribution in [2.75, 3.05) is 31.5 Å². The van der Waals surface area contributed by atoms with Gasteiger partial charge in [-0.2, -0.15) is 0 Å². The number of aliphatic hydroxyl groups is 1. The van der Waals surface area contributed by atoms with Crippen LogP contribution in [0.25, 0.3) is 0 Å². The summed E-state index contributed by atoms with van der Waals surface area (Å²) in [6.07, 6.45) is -0.501. The molecule has 3 nitrogen and oxygen atoms in total. The zero-order chi connectivity index (χ0) is 11.3. The first-order valence-electron chi connectivity index (χ1n) is 4.76. The number of likely N-dealkylation sites (N-methyl/N-ethyl adjacent to an activating group) is 1. The quantitative estimate of drug-likeness (QED) is 0.781. The highest BCUT2D eigenvalue weighted by Gasteiger charge is 2.07. The molecule has 1 rings (SSSR count). The fraction of sp³-hybridized carbons (Fsp3) is 0.455. The molecular formula is C11H16ClNO2. The van der Waals surface area contributed by atoms with Gasteiger partial charge in [0, 0.05) is 19.3 Å². The Kier molecular flexibility index (Phi) is 4.72. The minimum Gasteiger partial charge on any atom is -0.497 e. The molecule has 0 aliphatic heterocycles. The van der Waals surface area contributed by atoms with E-state index in [1.165, 1.54) is 0 Å². The molecule has 1 aromatic rings. The van der Waals surface area contributed by atoms with Crippen LogP contribution in [0.15, 0.2) is 24.3 Å². The Morgan fingerprint density at radius 1 is 1.40 bits per heavy atom. The number of alkyl halides is 1. The number of aliphatic hydroxyl groups excluding tert-OH is 1. The number of hydrogen-bond acceptors (Lipinski definition) is 3. The lowest BCUT2D eigenvalue weighted by Crippen LogP contribution is -2.29. The molecule has 0 aliphatic carbocycles. The molecule has 0 bridgehead atoms. The molecule has 1 N–H and O–H groups in total. The van der Waals surface area contributed by atoms with Crippen LogP contribution in [0.5, 0.6) is 5.75 Å². The summed E-state index contributed by atoms with van der Waals surface area (Å²) in [5.74, 6) is 1.07. The second-order valence-electron chi connectivity index (χ2n) is 3.39. The fourth-order valence-electron chi connectivity index (χ4n) is 1.31. The molecule has 84 valence electrons. The highest BCUT2D eigenvalue weighted by Crippen LogP contribution is 2.18. The summed E-state index contributed by atoms with van der Waals surface area (Å²) in [6.45, 7) is 0.524. The molecule has 1 unspecified atom stereocenters. The van der Waals surface area contributed by atoms with Crippen molar-refractivity contribution in [2.24, 2.45) is 0 Å². The SMILES string of the molecule is COc1ccc(N(C)CC(O)CCl)cc1. The Balaban J connectivity index is 2.61. The van der Waals surface area contributed by atoms with E-state index < -0.39 is 6.10 Å². The zero-order valence-electron chi connectivity index (χ0n) is 8.98. The van der Waals surface area contributed by atoms with Crippen LogP contribution in [0.3, 0.4) is 0 Å². The highest BCUT2D eigenvalue weighted by atomic mass is 35.5. The molecule has 0 heterocycles. The summed E-state index contributed by atoms with van der Waals surface area (Å²) < 4.78 is 5.06. The second kappa shape index (κ2) is 5.83. The van der Waals surface area contributed by atoms with Crippen molar-refractivity contribution in [3.63, 3.8) is 0 Å². The van der Waals surface area contributed by atoms with Gasteiger partial charge in [-0.1, -0.05) is 0 Å². The minimum absolute atomic E-state index is 0.250. The minimum atomic E-state index is -0.501. The van der Waals surface area contributed by atoms with Gasteiger partial charge in [0.25, 0.3) is 0 Å². The van der Waals surface area contributed by atoms with Gasteiger partial charge in [0.2, 0.25) is 0 Å². The first kappa shape index (κ1) is 12.1. The maximum absolute atomic E-state index is 9.39. The summed E-state index contributed by atoms with van der Waals surface area (Å²) in [5, 5.41) is 9.39. The smallest absolute Gasteiger partial charge is 0.119 e. The van der Waals surface area contributed by atoms with Crippen LogP contribution in [0.2, 0.25) is 0 Å². The van der Waals surface area contributed by atoms with E-state index in [9.17, 15) is 5.11 Å². The Labute approximate surface area is 95.2 Å². The van der Waals surface area contributed by atoms with Crippen molar-refractivity contribution in [1.29, 1.82) is 0 Å². The molecule has 1 aromatic carbocycles. The molecule has 0 aromatic heterocycles. The van der Waals surface area contributed by atoms with Gasteiger partial charge in [-0.25, -0.2) is 0 Å². The average molecular weight is 230 g/mol. The number of ether oxygens (including phenoxy) is 1. The van der Waals surface area contributed by atoms with Gasteiger partial charge in [-0.05, 0) is 24.3 Å². The Morgan fingerprint density at radius 3 is 2.47 bits per heavy atom. The number of hydrogen-bond donors (Lipinski definition) is 1. The number of benzene rings is 1. The van der Waals surface area contributed by atoms with Crippen LogP contribution in [-0.2, 0) is 0 Å². The lowest BCUT2D eigenvalue weighted by molar-refractivity contribution is 0.205. The number of methoxy groups -OCH3 is 1. The van der Waals surface area contributed by atoms with Crippen LogP contribution in [0.4, 0.5) is 5.69 Å². The summed E-state index contributed by atoms with van der Waals surface area (Å²) >= 11 is 5.53. The molecule has 0 aliphatic rings. The van der Waals surface area contributed by atoms with Gasteiger partial charge in [-0.15, -0.1) is 11.6 Å². The third kappa shape index (κ3) is 3.61. The van der Waals surface area contributed by atoms with Crippen molar-refractivity contribution >= 4 is 17.3 Å². The maximum atomic E-state index is 9.39. The predicted molar refractivity (Wildman–Crippen MR) is 63.0 cm³/mol. The number of anilines is 1. The van der Waals surface area contributed by atoms with Gasteiger partial charge in [0.15, 0.2) is 0 Å². The van der Waals surface area contributed by atoms with Crippen LogP contribution >= 0.6 is 11.6 Å². The van der Waals surface area contributed by atoms with E-state index in [1.807, 2.05) is 36.2 Å².